The SMILES string of the molecule is C[C@H](O)C(=O)OC1=CC[C@@]2(O)[C@H]3Cc4ccc(O)c5c4[C@@]2(CCCN3C)[C@H]1O5. The van der Waals surface area contributed by atoms with Crippen molar-refractivity contribution >= 4 is 5.97 Å². The first-order valence-electron chi connectivity index (χ1n) is 9.84. The maximum atomic E-state index is 12.1. The van der Waals surface area contributed by atoms with Crippen LogP contribution in [0.5, 0.6) is 11.5 Å². The second-order valence-electron chi connectivity index (χ2n) is 8.55. The topological polar surface area (TPSA) is 99.5 Å². The van der Waals surface area contributed by atoms with E-state index in [1.807, 2.05) is 13.1 Å². The van der Waals surface area contributed by atoms with Gasteiger partial charge in [-0.1, -0.05) is 6.07 Å². The molecule has 0 amide bonds. The van der Waals surface area contributed by atoms with Gasteiger partial charge in [-0.2, -0.15) is 0 Å². The number of hydrogen-bond donors (Lipinski definition) is 3. The maximum absolute atomic E-state index is 12.1. The van der Waals surface area contributed by atoms with E-state index < -0.39 is 29.2 Å². The van der Waals surface area contributed by atoms with E-state index in [0.717, 1.165) is 24.1 Å². The molecule has 1 spiro atoms. The minimum Gasteiger partial charge on any atom is -0.504 e. The third kappa shape index (κ3) is 2.02. The minimum absolute atomic E-state index is 0.0297. The summed E-state index contributed by atoms with van der Waals surface area (Å²) in [4.78, 5) is 14.3. The second-order valence-corrected chi connectivity index (χ2v) is 8.55. The number of aliphatic hydroxyl groups is 2. The number of phenolic OH excluding ortho intramolecular Hbond substituents is 1. The van der Waals surface area contributed by atoms with Gasteiger partial charge in [0.2, 0.25) is 0 Å². The highest BCUT2D eigenvalue weighted by molar-refractivity contribution is 5.75. The molecule has 0 unspecified atom stereocenters. The molecule has 1 aromatic carbocycles. The largest absolute Gasteiger partial charge is 0.504 e. The first-order valence-corrected chi connectivity index (χ1v) is 9.84. The number of ether oxygens (including phenoxy) is 2. The number of carbonyl (C=O) groups excluding carboxylic acids is 1. The molecule has 2 aliphatic carbocycles. The van der Waals surface area contributed by atoms with Crippen molar-refractivity contribution in [2.24, 2.45) is 0 Å². The van der Waals surface area contributed by atoms with Crippen LogP contribution in [0.2, 0.25) is 0 Å². The van der Waals surface area contributed by atoms with Crippen LogP contribution in [0.25, 0.3) is 0 Å². The number of esters is 1. The van der Waals surface area contributed by atoms with Gasteiger partial charge in [0.1, 0.15) is 11.9 Å². The molecule has 0 aromatic heterocycles. The summed E-state index contributed by atoms with van der Waals surface area (Å²) >= 11 is 0. The third-order valence-electron chi connectivity index (χ3n) is 7.14. The van der Waals surface area contributed by atoms with Gasteiger partial charge in [0, 0.05) is 18.0 Å². The van der Waals surface area contributed by atoms with Crippen molar-refractivity contribution in [2.45, 2.75) is 61.9 Å². The number of phenols is 1. The Bertz CT molecular complexity index is 895. The lowest BCUT2D eigenvalue weighted by molar-refractivity contribution is -0.156. The number of carbonyl (C=O) groups is 1. The van der Waals surface area contributed by atoms with Crippen LogP contribution in [0, 0.1) is 0 Å². The summed E-state index contributed by atoms with van der Waals surface area (Å²) in [7, 11) is 2.03. The molecule has 1 fully saturated rings. The number of rotatable bonds is 2. The van der Waals surface area contributed by atoms with Crippen molar-refractivity contribution in [3.63, 3.8) is 0 Å². The number of aliphatic hydroxyl groups excluding tert-OH is 1. The number of benzene rings is 1. The summed E-state index contributed by atoms with van der Waals surface area (Å²) in [6.45, 7) is 2.20. The average Bonchev–Trinajstić information content (AvgIpc) is 2.99. The van der Waals surface area contributed by atoms with Crippen LogP contribution in [0.3, 0.4) is 0 Å². The first kappa shape index (κ1) is 18.0. The van der Waals surface area contributed by atoms with E-state index in [0.29, 0.717) is 30.8 Å². The molecule has 7 heteroatoms. The van der Waals surface area contributed by atoms with Gasteiger partial charge in [0.05, 0.1) is 11.0 Å². The summed E-state index contributed by atoms with van der Waals surface area (Å²) in [5.41, 5.74) is 0.00937. The third-order valence-corrected chi connectivity index (χ3v) is 7.14. The van der Waals surface area contributed by atoms with Crippen LogP contribution in [0.4, 0.5) is 0 Å². The Morgan fingerprint density at radius 1 is 1.43 bits per heavy atom. The molecule has 4 aliphatic rings. The van der Waals surface area contributed by atoms with Gasteiger partial charge >= 0.3 is 5.97 Å². The van der Waals surface area contributed by atoms with Gasteiger partial charge in [-0.15, -0.1) is 0 Å². The lowest BCUT2D eigenvalue weighted by Gasteiger charge is -2.56. The molecule has 0 saturated carbocycles. The highest BCUT2D eigenvalue weighted by atomic mass is 16.6. The molecule has 3 N–H and O–H groups in total. The summed E-state index contributed by atoms with van der Waals surface area (Å²) in [6.07, 6.45) is 2.23. The van der Waals surface area contributed by atoms with Crippen molar-refractivity contribution in [1.82, 2.24) is 4.90 Å². The summed E-state index contributed by atoms with van der Waals surface area (Å²) in [5, 5.41) is 32.1. The molecular formula is C21H25NO6. The van der Waals surface area contributed by atoms with Gasteiger partial charge in [-0.05, 0) is 57.5 Å². The van der Waals surface area contributed by atoms with E-state index >= 15 is 0 Å². The van der Waals surface area contributed by atoms with Crippen molar-refractivity contribution in [2.75, 3.05) is 13.6 Å². The lowest BCUT2D eigenvalue weighted by Crippen LogP contribution is -2.69. The summed E-state index contributed by atoms with van der Waals surface area (Å²) < 4.78 is 11.7. The number of hydrogen-bond acceptors (Lipinski definition) is 7. The lowest BCUT2D eigenvalue weighted by atomic mass is 9.52. The molecule has 1 saturated heterocycles. The molecule has 2 aliphatic heterocycles. The normalized spacial score (nSPS) is 36.6. The van der Waals surface area contributed by atoms with E-state index in [9.17, 15) is 20.1 Å². The fourth-order valence-electron chi connectivity index (χ4n) is 5.89. The molecule has 0 radical (unpaired) electrons. The van der Waals surface area contributed by atoms with Crippen LogP contribution in [-0.2, 0) is 21.4 Å². The molecule has 150 valence electrons. The van der Waals surface area contributed by atoms with Crippen LogP contribution < -0.4 is 4.74 Å². The predicted octanol–water partition coefficient (Wildman–Crippen LogP) is 0.984. The molecule has 7 nitrogen and oxygen atoms in total. The zero-order valence-corrected chi connectivity index (χ0v) is 16.0. The van der Waals surface area contributed by atoms with E-state index in [-0.39, 0.29) is 11.8 Å². The van der Waals surface area contributed by atoms with Gasteiger partial charge in [0.15, 0.2) is 17.6 Å². The maximum Gasteiger partial charge on any atom is 0.339 e. The summed E-state index contributed by atoms with van der Waals surface area (Å²) in [6, 6.07) is 3.44. The van der Waals surface area contributed by atoms with Crippen molar-refractivity contribution in [3.8, 4) is 11.5 Å². The minimum atomic E-state index is -1.26. The standard InChI is InChI=1S/C21H25NO6/c1-11(23)19(25)27-14-6-8-21(26)15-10-12-4-5-13(24)17-16(12)20(21,18(14)28-17)7-3-9-22(15)2/h4-6,11,15,18,23-24,26H,3,7-10H2,1-2H3/t11-,15+,18-,20-,21+/m0/s1. The molecular weight excluding hydrogens is 362 g/mol. The molecule has 2 heterocycles. The van der Waals surface area contributed by atoms with E-state index in [1.165, 1.54) is 6.92 Å². The Morgan fingerprint density at radius 2 is 2.21 bits per heavy atom. The number of aromatic hydroxyl groups is 1. The van der Waals surface area contributed by atoms with Crippen LogP contribution in [0.1, 0.15) is 37.3 Å². The zero-order valence-electron chi connectivity index (χ0n) is 16.0. The molecule has 5 rings (SSSR count). The van der Waals surface area contributed by atoms with Crippen LogP contribution in [-0.4, -0.2) is 63.6 Å². The molecule has 5 atom stereocenters. The van der Waals surface area contributed by atoms with Gasteiger partial charge in [-0.3, -0.25) is 0 Å². The average molecular weight is 387 g/mol. The number of likely N-dealkylation sites (N-methyl/N-ethyl adjacent to an activating group) is 1. The first-order chi connectivity index (χ1) is 13.3. The van der Waals surface area contributed by atoms with Crippen molar-refractivity contribution in [3.05, 3.63) is 35.1 Å². The summed E-state index contributed by atoms with van der Waals surface area (Å²) in [5.74, 6) is -0.0375. The highest BCUT2D eigenvalue weighted by Crippen LogP contribution is 2.64. The van der Waals surface area contributed by atoms with E-state index in [2.05, 4.69) is 4.90 Å². The fourth-order valence-corrected chi connectivity index (χ4v) is 5.89. The number of likely N-dealkylation sites (tertiary alicyclic amines) is 1. The van der Waals surface area contributed by atoms with Crippen molar-refractivity contribution < 1.29 is 29.6 Å². The molecule has 1 aromatic rings. The Morgan fingerprint density at radius 3 is 2.96 bits per heavy atom. The van der Waals surface area contributed by atoms with Crippen LogP contribution in [0.15, 0.2) is 24.0 Å². The fraction of sp³-hybridized carbons (Fsp3) is 0.571. The van der Waals surface area contributed by atoms with Crippen LogP contribution >= 0.6 is 0 Å². The molecule has 28 heavy (non-hydrogen) atoms. The Kier molecular flexibility index (Phi) is 3.67. The molecule has 2 bridgehead atoms. The Labute approximate surface area is 163 Å². The van der Waals surface area contributed by atoms with Gasteiger partial charge < -0.3 is 29.7 Å². The zero-order chi connectivity index (χ0) is 19.8. The smallest absolute Gasteiger partial charge is 0.339 e. The van der Waals surface area contributed by atoms with Gasteiger partial charge in [-0.25, -0.2) is 4.79 Å². The highest BCUT2D eigenvalue weighted by Gasteiger charge is 2.71. The Hall–Kier alpha value is -2.09. The quantitative estimate of drug-likeness (QED) is 0.651. The predicted molar refractivity (Wildman–Crippen MR) is 99.0 cm³/mol. The van der Waals surface area contributed by atoms with E-state index in [4.69, 9.17) is 9.47 Å². The second kappa shape index (κ2) is 5.72. The Balaban J connectivity index is 1.73. The van der Waals surface area contributed by atoms with Crippen molar-refractivity contribution in [1.29, 1.82) is 0 Å². The number of nitrogens with zero attached hydrogens (tertiary/aromatic N) is 1. The van der Waals surface area contributed by atoms with E-state index in [1.54, 1.807) is 12.1 Å². The van der Waals surface area contributed by atoms with Gasteiger partial charge in [0.25, 0.3) is 0 Å². The monoisotopic (exact) mass is 387 g/mol.